The molecule has 4 nitrogen and oxygen atoms in total. The zero-order chi connectivity index (χ0) is 19.5. The summed E-state index contributed by atoms with van der Waals surface area (Å²) in [5, 5.41) is 23.9. The molecule has 5 unspecified atom stereocenters. The molecular formula is C23H26O4S. The van der Waals surface area contributed by atoms with E-state index < -0.39 is 12.1 Å². The number of hydrogen-bond acceptors (Lipinski definition) is 4. The van der Waals surface area contributed by atoms with Gasteiger partial charge in [0.2, 0.25) is 0 Å². The monoisotopic (exact) mass is 398 g/mol. The van der Waals surface area contributed by atoms with Crippen LogP contribution in [0.2, 0.25) is 0 Å². The summed E-state index contributed by atoms with van der Waals surface area (Å²) in [5.41, 5.74) is 2.44. The molecule has 4 rings (SSSR count). The van der Waals surface area contributed by atoms with Crippen LogP contribution < -0.4 is 0 Å². The number of carboxylic acid groups (broad SMARTS) is 1. The molecule has 0 spiro atoms. The third-order valence-electron chi connectivity index (χ3n) is 6.06. The van der Waals surface area contributed by atoms with Gasteiger partial charge in [0, 0.05) is 12.3 Å². The van der Waals surface area contributed by atoms with Gasteiger partial charge in [-0.25, -0.2) is 4.79 Å². The number of carbonyl (C=O) groups is 1. The number of benzene rings is 1. The standard InChI is InChI=1S/C23H26O4S/c24-17(13-15-11-12-28-14-15)6-8-20-19(21-9-10-22(20)27-21)7-5-16-3-1-2-4-18(16)23(25)26/h1-4,6,8,11-12,14,17,19-22,24H,5,7,9-10,13H2,(H,25,26). The molecule has 2 aliphatic rings. The number of aryl methyl sites for hydroxylation is 1. The fraction of sp³-hybridized carbons (Fsp3) is 0.435. The van der Waals surface area contributed by atoms with Crippen LogP contribution in [-0.2, 0) is 17.6 Å². The minimum absolute atomic E-state index is 0.231. The molecule has 2 saturated heterocycles. The van der Waals surface area contributed by atoms with E-state index in [1.54, 1.807) is 23.5 Å². The van der Waals surface area contributed by atoms with Gasteiger partial charge >= 0.3 is 5.97 Å². The molecule has 0 amide bonds. The van der Waals surface area contributed by atoms with Crippen molar-refractivity contribution in [3.63, 3.8) is 0 Å². The zero-order valence-corrected chi connectivity index (χ0v) is 16.6. The average Bonchev–Trinajstić information content (AvgIpc) is 3.42. The van der Waals surface area contributed by atoms with Crippen LogP contribution >= 0.6 is 11.3 Å². The maximum absolute atomic E-state index is 11.5. The molecule has 2 aliphatic heterocycles. The Morgan fingerprint density at radius 3 is 2.86 bits per heavy atom. The highest BCUT2D eigenvalue weighted by atomic mass is 32.1. The smallest absolute Gasteiger partial charge is 0.335 e. The van der Waals surface area contributed by atoms with E-state index >= 15 is 0 Å². The molecule has 0 radical (unpaired) electrons. The topological polar surface area (TPSA) is 66.8 Å². The Bertz CT molecular complexity index is 829. The van der Waals surface area contributed by atoms with Gasteiger partial charge in [0.15, 0.2) is 0 Å². The number of aliphatic hydroxyl groups is 1. The Morgan fingerprint density at radius 2 is 2.07 bits per heavy atom. The van der Waals surface area contributed by atoms with Crippen molar-refractivity contribution in [2.45, 2.75) is 50.4 Å². The lowest BCUT2D eigenvalue weighted by atomic mass is 9.76. The van der Waals surface area contributed by atoms with Crippen LogP contribution in [-0.4, -0.2) is 34.5 Å². The van der Waals surface area contributed by atoms with Crippen molar-refractivity contribution < 1.29 is 19.7 Å². The SMILES string of the molecule is O=C(O)c1ccccc1CCC1C2CCC(O2)C1C=CC(O)Cc1ccsc1. The molecule has 2 aromatic rings. The van der Waals surface area contributed by atoms with Crippen molar-refractivity contribution in [2.24, 2.45) is 11.8 Å². The minimum Gasteiger partial charge on any atom is -0.478 e. The van der Waals surface area contributed by atoms with Crippen LogP contribution in [0.3, 0.4) is 0 Å². The maximum atomic E-state index is 11.5. The molecule has 1 aromatic carbocycles. The van der Waals surface area contributed by atoms with Crippen LogP contribution in [0.1, 0.15) is 40.7 Å². The third kappa shape index (κ3) is 4.22. The lowest BCUT2D eigenvalue weighted by Crippen LogP contribution is -2.26. The summed E-state index contributed by atoms with van der Waals surface area (Å²) >= 11 is 1.65. The quantitative estimate of drug-likeness (QED) is 0.650. The highest BCUT2D eigenvalue weighted by Gasteiger charge is 2.47. The summed E-state index contributed by atoms with van der Waals surface area (Å²) in [5.74, 6) is -0.189. The minimum atomic E-state index is -0.868. The lowest BCUT2D eigenvalue weighted by Gasteiger charge is -2.26. The van der Waals surface area contributed by atoms with E-state index in [1.807, 2.05) is 29.7 Å². The number of carboxylic acids is 1. The number of rotatable bonds is 8. The molecule has 0 saturated carbocycles. The van der Waals surface area contributed by atoms with Crippen molar-refractivity contribution in [1.82, 2.24) is 0 Å². The lowest BCUT2D eigenvalue weighted by molar-refractivity contribution is 0.0695. The molecular weight excluding hydrogens is 372 g/mol. The highest BCUT2D eigenvalue weighted by Crippen LogP contribution is 2.46. The van der Waals surface area contributed by atoms with Gasteiger partial charge in [0.1, 0.15) is 0 Å². The summed E-state index contributed by atoms with van der Waals surface area (Å²) in [7, 11) is 0. The molecule has 2 bridgehead atoms. The summed E-state index contributed by atoms with van der Waals surface area (Å²) in [6, 6.07) is 9.30. The van der Waals surface area contributed by atoms with Crippen molar-refractivity contribution in [2.75, 3.05) is 0 Å². The van der Waals surface area contributed by atoms with Gasteiger partial charge in [0.25, 0.3) is 0 Å². The second-order valence-electron chi connectivity index (χ2n) is 7.82. The first-order chi connectivity index (χ1) is 13.6. The first-order valence-electron chi connectivity index (χ1n) is 9.96. The van der Waals surface area contributed by atoms with Crippen molar-refractivity contribution in [1.29, 1.82) is 0 Å². The molecule has 3 heterocycles. The van der Waals surface area contributed by atoms with E-state index in [9.17, 15) is 15.0 Å². The van der Waals surface area contributed by atoms with Gasteiger partial charge in [-0.05, 0) is 65.6 Å². The zero-order valence-electron chi connectivity index (χ0n) is 15.7. The van der Waals surface area contributed by atoms with Crippen LogP contribution in [0.15, 0.2) is 53.2 Å². The van der Waals surface area contributed by atoms with E-state index in [1.165, 1.54) is 0 Å². The third-order valence-corrected chi connectivity index (χ3v) is 6.79. The molecule has 2 fully saturated rings. The number of fused-ring (bicyclic) bond motifs is 2. The van der Waals surface area contributed by atoms with Crippen LogP contribution in [0.5, 0.6) is 0 Å². The number of hydrogen-bond donors (Lipinski definition) is 2. The summed E-state index contributed by atoms with van der Waals surface area (Å²) in [6.07, 6.45) is 8.50. The van der Waals surface area contributed by atoms with Gasteiger partial charge in [-0.2, -0.15) is 11.3 Å². The Kier molecular flexibility index (Phi) is 5.95. The van der Waals surface area contributed by atoms with Gasteiger partial charge in [-0.3, -0.25) is 0 Å². The number of aliphatic hydroxyl groups excluding tert-OH is 1. The van der Waals surface area contributed by atoms with Gasteiger partial charge in [-0.1, -0.05) is 30.4 Å². The fourth-order valence-corrected chi connectivity index (χ4v) is 5.38. The molecule has 0 aliphatic carbocycles. The summed E-state index contributed by atoms with van der Waals surface area (Å²) < 4.78 is 6.15. The maximum Gasteiger partial charge on any atom is 0.335 e. The van der Waals surface area contributed by atoms with E-state index in [0.29, 0.717) is 23.8 Å². The molecule has 148 valence electrons. The Balaban J connectivity index is 1.41. The van der Waals surface area contributed by atoms with Gasteiger partial charge < -0.3 is 14.9 Å². The Labute approximate surface area is 169 Å². The normalized spacial score (nSPS) is 27.5. The predicted molar refractivity (Wildman–Crippen MR) is 110 cm³/mol. The van der Waals surface area contributed by atoms with Gasteiger partial charge in [-0.15, -0.1) is 0 Å². The molecule has 2 N–H and O–H groups in total. The fourth-order valence-electron chi connectivity index (χ4n) is 4.70. The molecule has 5 heteroatoms. The van der Waals surface area contributed by atoms with E-state index in [-0.39, 0.29) is 12.2 Å². The van der Waals surface area contributed by atoms with E-state index in [0.717, 1.165) is 36.8 Å². The van der Waals surface area contributed by atoms with Crippen molar-refractivity contribution >= 4 is 17.3 Å². The van der Waals surface area contributed by atoms with E-state index in [2.05, 4.69) is 11.5 Å². The van der Waals surface area contributed by atoms with Crippen molar-refractivity contribution in [3.05, 3.63) is 69.9 Å². The molecule has 5 atom stereocenters. The second-order valence-corrected chi connectivity index (χ2v) is 8.60. The number of ether oxygens (including phenoxy) is 1. The highest BCUT2D eigenvalue weighted by molar-refractivity contribution is 7.07. The second kappa shape index (κ2) is 8.60. The Morgan fingerprint density at radius 1 is 1.25 bits per heavy atom. The Hall–Kier alpha value is -1.95. The molecule has 28 heavy (non-hydrogen) atoms. The average molecular weight is 399 g/mol. The number of aromatic carboxylic acids is 1. The van der Waals surface area contributed by atoms with Crippen LogP contribution in [0, 0.1) is 11.8 Å². The van der Waals surface area contributed by atoms with Crippen molar-refractivity contribution in [3.8, 4) is 0 Å². The van der Waals surface area contributed by atoms with Crippen LogP contribution in [0.25, 0.3) is 0 Å². The van der Waals surface area contributed by atoms with Gasteiger partial charge in [0.05, 0.1) is 23.9 Å². The van der Waals surface area contributed by atoms with Crippen LogP contribution in [0.4, 0.5) is 0 Å². The molecule has 1 aromatic heterocycles. The summed E-state index contributed by atoms with van der Waals surface area (Å²) in [6.45, 7) is 0. The van der Waals surface area contributed by atoms with E-state index in [4.69, 9.17) is 4.74 Å². The predicted octanol–water partition coefficient (Wildman–Crippen LogP) is 4.33. The largest absolute Gasteiger partial charge is 0.478 e. The summed E-state index contributed by atoms with van der Waals surface area (Å²) in [4.78, 5) is 11.5. The number of thiophene rings is 1. The first-order valence-corrected chi connectivity index (χ1v) is 10.9. The first kappa shape index (κ1) is 19.4.